The van der Waals surface area contributed by atoms with E-state index in [0.717, 1.165) is 44.6 Å². The summed E-state index contributed by atoms with van der Waals surface area (Å²) in [5.41, 5.74) is 13.3. The number of nitrogens with zero attached hydrogens (tertiary/aromatic N) is 4. The van der Waals surface area contributed by atoms with Crippen LogP contribution in [0.25, 0.3) is 56.4 Å². The SMILES string of the molecule is CC1(C)c2ccccc2N(c2ccc(-c3nc(-c4cccc(-c5ccccc5)c4)nc(-c4cccc(-c5ccccc5)c4)n3)cc2)c2ccccc21. The van der Waals surface area contributed by atoms with Crippen LogP contribution < -0.4 is 4.90 Å². The molecule has 1 aliphatic rings. The molecule has 0 fully saturated rings. The summed E-state index contributed by atoms with van der Waals surface area (Å²) in [6.07, 6.45) is 0. The molecule has 0 N–H and O–H groups in total. The molecule has 0 saturated carbocycles. The fraction of sp³-hybridized carbons (Fsp3) is 0.0625. The van der Waals surface area contributed by atoms with Gasteiger partial charge in [-0.2, -0.15) is 0 Å². The lowest BCUT2D eigenvalue weighted by Crippen LogP contribution is -2.30. The van der Waals surface area contributed by atoms with Crippen LogP contribution in [0.4, 0.5) is 17.1 Å². The van der Waals surface area contributed by atoms with E-state index in [1.165, 1.54) is 22.5 Å². The molecule has 0 atom stereocenters. The summed E-state index contributed by atoms with van der Waals surface area (Å²) in [5.74, 6) is 1.89. The second kappa shape index (κ2) is 12.9. The lowest BCUT2D eigenvalue weighted by molar-refractivity contribution is 0.632. The molecule has 4 nitrogen and oxygen atoms in total. The third-order valence-electron chi connectivity index (χ3n) is 10.1. The molecule has 1 aromatic heterocycles. The van der Waals surface area contributed by atoms with Gasteiger partial charge >= 0.3 is 0 Å². The Labute approximate surface area is 304 Å². The highest BCUT2D eigenvalue weighted by atomic mass is 15.2. The molecule has 2 heterocycles. The van der Waals surface area contributed by atoms with Crippen molar-refractivity contribution in [3.8, 4) is 56.4 Å². The highest BCUT2D eigenvalue weighted by molar-refractivity contribution is 5.86. The number of benzene rings is 7. The van der Waals surface area contributed by atoms with E-state index in [0.29, 0.717) is 17.5 Å². The van der Waals surface area contributed by atoms with Crippen molar-refractivity contribution < 1.29 is 0 Å². The molecule has 7 aromatic carbocycles. The van der Waals surface area contributed by atoms with Gasteiger partial charge in [0.05, 0.1) is 11.4 Å². The van der Waals surface area contributed by atoms with Gasteiger partial charge in [0.25, 0.3) is 0 Å². The van der Waals surface area contributed by atoms with E-state index in [-0.39, 0.29) is 5.41 Å². The predicted octanol–water partition coefficient (Wildman–Crippen LogP) is 12.3. The number of aromatic nitrogens is 3. The van der Waals surface area contributed by atoms with Crippen LogP contribution >= 0.6 is 0 Å². The predicted molar refractivity (Wildman–Crippen MR) is 214 cm³/mol. The molecular formula is C48H36N4. The molecule has 0 amide bonds. The average molecular weight is 669 g/mol. The van der Waals surface area contributed by atoms with Crippen molar-refractivity contribution in [3.63, 3.8) is 0 Å². The molecule has 9 rings (SSSR count). The van der Waals surface area contributed by atoms with Crippen molar-refractivity contribution in [2.24, 2.45) is 0 Å². The van der Waals surface area contributed by atoms with E-state index >= 15 is 0 Å². The third-order valence-corrected chi connectivity index (χ3v) is 10.1. The zero-order chi connectivity index (χ0) is 35.1. The van der Waals surface area contributed by atoms with Gasteiger partial charge in [0, 0.05) is 27.8 Å². The lowest BCUT2D eigenvalue weighted by Gasteiger charge is -2.42. The average Bonchev–Trinajstić information content (AvgIpc) is 3.22. The Balaban J connectivity index is 1.16. The van der Waals surface area contributed by atoms with Crippen molar-refractivity contribution in [1.29, 1.82) is 0 Å². The quantitative estimate of drug-likeness (QED) is 0.177. The van der Waals surface area contributed by atoms with Crippen LogP contribution in [0, 0.1) is 0 Å². The third kappa shape index (κ3) is 5.65. The van der Waals surface area contributed by atoms with E-state index < -0.39 is 0 Å². The number of hydrogen-bond acceptors (Lipinski definition) is 4. The monoisotopic (exact) mass is 668 g/mol. The fourth-order valence-corrected chi connectivity index (χ4v) is 7.41. The molecule has 0 aliphatic carbocycles. The zero-order valence-electron chi connectivity index (χ0n) is 29.1. The largest absolute Gasteiger partial charge is 0.310 e. The van der Waals surface area contributed by atoms with E-state index in [4.69, 9.17) is 15.0 Å². The Bertz CT molecular complexity index is 2390. The first-order valence-electron chi connectivity index (χ1n) is 17.7. The maximum Gasteiger partial charge on any atom is 0.164 e. The Morgan fingerprint density at radius 1 is 0.346 bits per heavy atom. The summed E-state index contributed by atoms with van der Waals surface area (Å²) >= 11 is 0. The minimum atomic E-state index is -0.114. The van der Waals surface area contributed by atoms with Crippen LogP contribution in [-0.4, -0.2) is 15.0 Å². The van der Waals surface area contributed by atoms with Crippen LogP contribution in [-0.2, 0) is 5.41 Å². The number of para-hydroxylation sites is 2. The molecule has 52 heavy (non-hydrogen) atoms. The normalized spacial score (nSPS) is 12.9. The van der Waals surface area contributed by atoms with Crippen LogP contribution in [0.15, 0.2) is 182 Å². The van der Waals surface area contributed by atoms with Crippen LogP contribution in [0.1, 0.15) is 25.0 Å². The molecule has 1 aliphatic heterocycles. The fourth-order valence-electron chi connectivity index (χ4n) is 7.41. The molecule has 8 aromatic rings. The maximum absolute atomic E-state index is 5.11. The maximum atomic E-state index is 5.11. The molecule has 0 bridgehead atoms. The van der Waals surface area contributed by atoms with Gasteiger partial charge in [-0.15, -0.1) is 0 Å². The summed E-state index contributed by atoms with van der Waals surface area (Å²) in [7, 11) is 0. The lowest BCUT2D eigenvalue weighted by atomic mass is 9.73. The van der Waals surface area contributed by atoms with Crippen molar-refractivity contribution >= 4 is 17.1 Å². The van der Waals surface area contributed by atoms with Crippen molar-refractivity contribution in [3.05, 3.63) is 193 Å². The molecule has 0 saturated heterocycles. The van der Waals surface area contributed by atoms with Crippen molar-refractivity contribution in [2.75, 3.05) is 4.90 Å². The number of rotatable bonds is 6. The minimum Gasteiger partial charge on any atom is -0.310 e. The summed E-state index contributed by atoms with van der Waals surface area (Å²) in [5, 5.41) is 0. The van der Waals surface area contributed by atoms with Crippen LogP contribution in [0.3, 0.4) is 0 Å². The Morgan fingerprint density at radius 3 is 1.21 bits per heavy atom. The summed E-state index contributed by atoms with van der Waals surface area (Å²) in [4.78, 5) is 17.7. The molecule has 0 radical (unpaired) electrons. The van der Waals surface area contributed by atoms with E-state index in [9.17, 15) is 0 Å². The second-order valence-electron chi connectivity index (χ2n) is 13.7. The molecule has 0 unspecified atom stereocenters. The van der Waals surface area contributed by atoms with Crippen molar-refractivity contribution in [2.45, 2.75) is 19.3 Å². The Morgan fingerprint density at radius 2 is 0.731 bits per heavy atom. The molecule has 248 valence electrons. The van der Waals surface area contributed by atoms with E-state index in [1.54, 1.807) is 0 Å². The molecule has 0 spiro atoms. The first-order chi connectivity index (χ1) is 25.5. The smallest absolute Gasteiger partial charge is 0.164 e. The minimum absolute atomic E-state index is 0.114. The van der Waals surface area contributed by atoms with Gasteiger partial charge < -0.3 is 4.90 Å². The second-order valence-corrected chi connectivity index (χ2v) is 13.7. The summed E-state index contributed by atoms with van der Waals surface area (Å²) < 4.78 is 0. The van der Waals surface area contributed by atoms with Gasteiger partial charge in [-0.05, 0) is 81.9 Å². The standard InChI is InChI=1S/C48H36N4/c1-48(2)41-23-9-11-25-43(41)52(44-26-12-10-24-42(44)48)40-29-27-35(28-30-40)45-49-46(38-21-13-19-36(31-38)33-15-5-3-6-16-33)51-47(50-45)39-22-14-20-37(32-39)34-17-7-4-8-18-34/h3-32H,1-2H3. The number of fused-ring (bicyclic) bond motifs is 2. The van der Waals surface area contributed by atoms with Crippen LogP contribution in [0.5, 0.6) is 0 Å². The molecule has 4 heteroatoms. The van der Waals surface area contributed by atoms with Gasteiger partial charge in [-0.1, -0.05) is 147 Å². The first-order valence-corrected chi connectivity index (χ1v) is 17.7. The molecular weight excluding hydrogens is 633 g/mol. The zero-order valence-corrected chi connectivity index (χ0v) is 29.1. The number of anilines is 3. The van der Waals surface area contributed by atoms with Gasteiger partial charge in [-0.3, -0.25) is 0 Å². The Hall–Kier alpha value is -6.65. The Kier molecular flexibility index (Phi) is 7.78. The van der Waals surface area contributed by atoms with Gasteiger partial charge in [0.2, 0.25) is 0 Å². The topological polar surface area (TPSA) is 41.9 Å². The van der Waals surface area contributed by atoms with Crippen LogP contribution in [0.2, 0.25) is 0 Å². The van der Waals surface area contributed by atoms with Gasteiger partial charge in [0.1, 0.15) is 0 Å². The highest BCUT2D eigenvalue weighted by Gasteiger charge is 2.36. The van der Waals surface area contributed by atoms with Crippen molar-refractivity contribution in [1.82, 2.24) is 15.0 Å². The first kappa shape index (κ1) is 31.3. The summed E-state index contributed by atoms with van der Waals surface area (Å²) in [6.45, 7) is 4.62. The van der Waals surface area contributed by atoms with E-state index in [2.05, 4.69) is 189 Å². The number of hydrogen-bond donors (Lipinski definition) is 0. The highest BCUT2D eigenvalue weighted by Crippen LogP contribution is 2.51. The van der Waals surface area contributed by atoms with E-state index in [1.807, 2.05) is 12.1 Å². The summed E-state index contributed by atoms with van der Waals surface area (Å²) in [6, 6.07) is 63.8. The van der Waals surface area contributed by atoms with Gasteiger partial charge in [-0.25, -0.2) is 15.0 Å². The van der Waals surface area contributed by atoms with Gasteiger partial charge in [0.15, 0.2) is 17.5 Å².